The molecule has 48 heavy (non-hydrogen) atoms. The number of ether oxygens (including phenoxy) is 2. The lowest BCUT2D eigenvalue weighted by atomic mass is 9.97. The van der Waals surface area contributed by atoms with Crippen LogP contribution in [0, 0.1) is 0 Å². The van der Waals surface area contributed by atoms with E-state index in [0.717, 1.165) is 43.1 Å². The third kappa shape index (κ3) is 4.46. The van der Waals surface area contributed by atoms with E-state index in [2.05, 4.69) is 60.7 Å². The molecule has 0 saturated carbocycles. The van der Waals surface area contributed by atoms with Gasteiger partial charge in [-0.1, -0.05) is 121 Å². The van der Waals surface area contributed by atoms with E-state index in [1.807, 2.05) is 60.7 Å². The van der Waals surface area contributed by atoms with Crippen LogP contribution in [-0.4, -0.2) is 11.9 Å². The van der Waals surface area contributed by atoms with Gasteiger partial charge >= 0.3 is 11.9 Å². The van der Waals surface area contributed by atoms with Gasteiger partial charge in [0.2, 0.25) is 0 Å². The first-order valence-electron chi connectivity index (χ1n) is 15.8. The predicted octanol–water partition coefficient (Wildman–Crippen LogP) is 11.0. The molecule has 0 amide bonds. The van der Waals surface area contributed by atoms with Gasteiger partial charge in [-0.05, 0) is 90.3 Å². The van der Waals surface area contributed by atoms with Gasteiger partial charge < -0.3 is 9.47 Å². The van der Waals surface area contributed by atoms with Crippen LogP contribution in [0.25, 0.3) is 64.6 Å². The second-order valence-corrected chi connectivity index (χ2v) is 11.9. The van der Waals surface area contributed by atoms with Crippen molar-refractivity contribution >= 4 is 76.6 Å². The second kappa shape index (κ2) is 11.1. The quantitative estimate of drug-likeness (QED) is 0.112. The number of esters is 2. The third-order valence-electron chi connectivity index (χ3n) is 9.26. The van der Waals surface area contributed by atoms with E-state index in [1.165, 1.54) is 21.5 Å². The van der Waals surface area contributed by atoms with Crippen molar-refractivity contribution in [3.63, 3.8) is 0 Å². The number of carbonyl (C=O) groups is 2. The number of benzene rings is 9. The second-order valence-electron chi connectivity index (χ2n) is 11.9. The average Bonchev–Trinajstić information content (AvgIpc) is 3.14. The van der Waals surface area contributed by atoms with Gasteiger partial charge in [0.1, 0.15) is 11.5 Å². The molecule has 0 heterocycles. The maximum atomic E-state index is 13.7. The predicted molar refractivity (Wildman–Crippen MR) is 194 cm³/mol. The fourth-order valence-electron chi connectivity index (χ4n) is 6.98. The van der Waals surface area contributed by atoms with Crippen molar-refractivity contribution in [2.24, 2.45) is 0 Å². The molecule has 226 valence electrons. The Morgan fingerprint density at radius 2 is 0.625 bits per heavy atom. The highest BCUT2D eigenvalue weighted by atomic mass is 16.5. The summed E-state index contributed by atoms with van der Waals surface area (Å²) in [7, 11) is 0. The van der Waals surface area contributed by atoms with Crippen LogP contribution < -0.4 is 9.47 Å². The molecule has 0 bridgehead atoms. The van der Waals surface area contributed by atoms with Crippen molar-refractivity contribution in [3.8, 4) is 11.5 Å². The molecule has 0 spiro atoms. The first-order chi connectivity index (χ1) is 23.6. The van der Waals surface area contributed by atoms with Crippen LogP contribution >= 0.6 is 0 Å². The topological polar surface area (TPSA) is 52.6 Å². The summed E-state index contributed by atoms with van der Waals surface area (Å²) >= 11 is 0. The van der Waals surface area contributed by atoms with Gasteiger partial charge in [-0.2, -0.15) is 0 Å². The Labute approximate surface area is 275 Å². The van der Waals surface area contributed by atoms with E-state index < -0.39 is 11.9 Å². The van der Waals surface area contributed by atoms with Crippen molar-refractivity contribution in [2.75, 3.05) is 0 Å². The van der Waals surface area contributed by atoms with E-state index in [1.54, 1.807) is 36.4 Å². The monoisotopic (exact) mass is 618 g/mol. The summed E-state index contributed by atoms with van der Waals surface area (Å²) in [5.74, 6) is -0.428. The molecular weight excluding hydrogens is 592 g/mol. The summed E-state index contributed by atoms with van der Waals surface area (Å²) in [5, 5.41) is 12.7. The van der Waals surface area contributed by atoms with Crippen LogP contribution in [0.15, 0.2) is 158 Å². The van der Waals surface area contributed by atoms with Crippen LogP contribution in [0.5, 0.6) is 11.5 Å². The summed E-state index contributed by atoms with van der Waals surface area (Å²) in [6.45, 7) is 0. The maximum absolute atomic E-state index is 13.7. The van der Waals surface area contributed by atoms with E-state index in [4.69, 9.17) is 9.47 Å². The summed E-state index contributed by atoms with van der Waals surface area (Å²) in [6, 6.07) is 51.1. The number of fused-ring (bicyclic) bond motifs is 10. The minimum Gasteiger partial charge on any atom is -0.422 e. The Morgan fingerprint density at radius 1 is 0.292 bits per heavy atom. The summed E-state index contributed by atoms with van der Waals surface area (Å²) in [6.07, 6.45) is 0. The number of rotatable bonds is 4. The van der Waals surface area contributed by atoms with E-state index in [0.29, 0.717) is 11.5 Å². The lowest BCUT2D eigenvalue weighted by Gasteiger charge is -2.14. The Kier molecular flexibility index (Phi) is 6.41. The fourth-order valence-corrected chi connectivity index (χ4v) is 6.98. The molecule has 0 atom stereocenters. The molecule has 0 unspecified atom stereocenters. The van der Waals surface area contributed by atoms with Crippen LogP contribution in [0.1, 0.15) is 20.7 Å². The van der Waals surface area contributed by atoms with Crippen LogP contribution in [0.4, 0.5) is 0 Å². The Hall–Kier alpha value is -6.52. The zero-order valence-electron chi connectivity index (χ0n) is 25.6. The van der Waals surface area contributed by atoms with Crippen LogP contribution in [-0.2, 0) is 0 Å². The molecule has 4 nitrogen and oxygen atoms in total. The Balaban J connectivity index is 1.05. The minimum absolute atomic E-state index is 0.128. The molecule has 0 aliphatic rings. The molecule has 9 aromatic carbocycles. The summed E-state index contributed by atoms with van der Waals surface area (Å²) in [4.78, 5) is 27.4. The van der Waals surface area contributed by atoms with Gasteiger partial charge in [-0.25, -0.2) is 9.59 Å². The van der Waals surface area contributed by atoms with E-state index >= 15 is 0 Å². The molecule has 0 aliphatic heterocycles. The highest BCUT2D eigenvalue weighted by Crippen LogP contribution is 2.37. The maximum Gasteiger partial charge on any atom is 0.344 e. The third-order valence-corrected chi connectivity index (χ3v) is 9.26. The summed E-state index contributed by atoms with van der Waals surface area (Å²) < 4.78 is 12.0. The molecule has 9 aromatic rings. The van der Waals surface area contributed by atoms with Gasteiger partial charge in [-0.3, -0.25) is 0 Å². The van der Waals surface area contributed by atoms with Crippen molar-refractivity contribution < 1.29 is 19.1 Å². The molecule has 0 aromatic heterocycles. The number of hydrogen-bond donors (Lipinski definition) is 0. The van der Waals surface area contributed by atoms with Gasteiger partial charge in [0, 0.05) is 10.8 Å². The Morgan fingerprint density at radius 3 is 1.10 bits per heavy atom. The van der Waals surface area contributed by atoms with Gasteiger partial charge in [0.15, 0.2) is 0 Å². The lowest BCUT2D eigenvalue weighted by molar-refractivity contribution is 0.0694. The first kappa shape index (κ1) is 27.8. The summed E-state index contributed by atoms with van der Waals surface area (Å²) in [5.41, 5.74) is 0.256. The highest BCUT2D eigenvalue weighted by Gasteiger charge is 2.22. The van der Waals surface area contributed by atoms with Crippen LogP contribution in [0.3, 0.4) is 0 Å². The standard InChI is InChI=1S/C44H26O4/c45-43(47-41-17-7-15-31-35-21-19-27-9-1-3-11-29(27)33(35)23-25-37(31)41)39-13-5-6-14-40(39)44(46)48-42-18-8-16-32-36-22-20-28-10-2-4-12-30(28)34(36)24-26-38(32)42/h1-26H. The molecule has 0 saturated heterocycles. The molecule has 0 radical (unpaired) electrons. The molecule has 9 rings (SSSR count). The first-order valence-corrected chi connectivity index (χ1v) is 15.8. The molecule has 0 N–H and O–H groups in total. The van der Waals surface area contributed by atoms with E-state index in [-0.39, 0.29) is 11.1 Å². The number of hydrogen-bond acceptors (Lipinski definition) is 4. The highest BCUT2D eigenvalue weighted by molar-refractivity contribution is 6.20. The van der Waals surface area contributed by atoms with E-state index in [9.17, 15) is 9.59 Å². The lowest BCUT2D eigenvalue weighted by Crippen LogP contribution is -2.17. The minimum atomic E-state index is -0.635. The molecular formula is C44H26O4. The average molecular weight is 619 g/mol. The SMILES string of the molecule is O=C(Oc1cccc2c1ccc1c3ccccc3ccc21)c1ccccc1C(=O)Oc1cccc2c1ccc1c3ccccc3ccc21. The molecule has 0 aliphatic carbocycles. The van der Waals surface area contributed by atoms with Crippen LogP contribution in [0.2, 0.25) is 0 Å². The van der Waals surface area contributed by atoms with Crippen molar-refractivity contribution in [1.82, 2.24) is 0 Å². The van der Waals surface area contributed by atoms with Crippen molar-refractivity contribution in [2.45, 2.75) is 0 Å². The number of carbonyl (C=O) groups excluding carboxylic acids is 2. The zero-order valence-corrected chi connectivity index (χ0v) is 25.6. The van der Waals surface area contributed by atoms with Gasteiger partial charge in [-0.15, -0.1) is 0 Å². The molecule has 4 heteroatoms. The van der Waals surface area contributed by atoms with Crippen molar-refractivity contribution in [1.29, 1.82) is 0 Å². The smallest absolute Gasteiger partial charge is 0.344 e. The van der Waals surface area contributed by atoms with Gasteiger partial charge in [0.05, 0.1) is 11.1 Å². The largest absolute Gasteiger partial charge is 0.422 e. The molecule has 0 fully saturated rings. The zero-order chi connectivity index (χ0) is 32.2. The normalized spacial score (nSPS) is 11.5. The van der Waals surface area contributed by atoms with Gasteiger partial charge in [0.25, 0.3) is 0 Å². The fraction of sp³-hybridized carbons (Fsp3) is 0. The van der Waals surface area contributed by atoms with Crippen molar-refractivity contribution in [3.05, 3.63) is 169 Å². The Bertz CT molecular complexity index is 2590.